The largest absolute Gasteiger partial charge is 0.369 e. The number of halogens is 1. The van der Waals surface area contributed by atoms with Gasteiger partial charge in [0.15, 0.2) is 5.96 Å². The minimum Gasteiger partial charge on any atom is -0.369 e. The van der Waals surface area contributed by atoms with Crippen LogP contribution in [0.4, 0.5) is 5.69 Å². The number of benzene rings is 1. The molecule has 1 aliphatic heterocycles. The second-order valence-corrected chi connectivity index (χ2v) is 6.44. The van der Waals surface area contributed by atoms with Crippen molar-refractivity contribution in [3.63, 3.8) is 0 Å². The normalized spacial score (nSPS) is 29.8. The molecular formula is C16H22ClN3. The molecular weight excluding hydrogens is 270 g/mol. The van der Waals surface area contributed by atoms with Gasteiger partial charge in [0.25, 0.3) is 0 Å². The highest BCUT2D eigenvalue weighted by Gasteiger charge is 2.45. The van der Waals surface area contributed by atoms with Gasteiger partial charge in [-0.3, -0.25) is 4.99 Å². The Kier molecular flexibility index (Phi) is 3.63. The standard InChI is InChI=1S/C16H22ClN3/c1-2-12-7-9-16(10-8-12)11-19-15(18)20(16)14-6-4-3-5-13(14)17/h3-6,12H,2,7-11H2,1H3,(H2,18,19). The predicted octanol–water partition coefficient (Wildman–Crippen LogP) is 3.81. The molecule has 1 aromatic carbocycles. The molecule has 1 saturated carbocycles. The van der Waals surface area contributed by atoms with E-state index in [0.29, 0.717) is 5.96 Å². The van der Waals surface area contributed by atoms with Crippen molar-refractivity contribution in [2.24, 2.45) is 16.6 Å². The van der Waals surface area contributed by atoms with E-state index < -0.39 is 0 Å². The van der Waals surface area contributed by atoms with Gasteiger partial charge in [-0.05, 0) is 43.7 Å². The van der Waals surface area contributed by atoms with Crippen LogP contribution in [-0.2, 0) is 0 Å². The number of nitrogens with two attached hydrogens (primary N) is 1. The van der Waals surface area contributed by atoms with E-state index >= 15 is 0 Å². The monoisotopic (exact) mass is 291 g/mol. The van der Waals surface area contributed by atoms with E-state index in [9.17, 15) is 0 Å². The summed E-state index contributed by atoms with van der Waals surface area (Å²) < 4.78 is 0. The molecule has 108 valence electrons. The lowest BCUT2D eigenvalue weighted by Gasteiger charge is -2.44. The molecule has 1 aromatic rings. The lowest BCUT2D eigenvalue weighted by atomic mass is 9.75. The summed E-state index contributed by atoms with van der Waals surface area (Å²) >= 11 is 6.38. The van der Waals surface area contributed by atoms with Gasteiger partial charge in [0, 0.05) is 0 Å². The minimum absolute atomic E-state index is 0.0563. The highest BCUT2D eigenvalue weighted by molar-refractivity contribution is 6.34. The summed E-state index contributed by atoms with van der Waals surface area (Å²) in [7, 11) is 0. The SMILES string of the molecule is CCC1CCC2(CC1)CN=C(N)N2c1ccccc1Cl. The first-order valence-electron chi connectivity index (χ1n) is 7.51. The third-order valence-electron chi connectivity index (χ3n) is 4.95. The van der Waals surface area contributed by atoms with Crippen LogP contribution < -0.4 is 10.6 Å². The maximum Gasteiger partial charge on any atom is 0.196 e. The zero-order valence-electron chi connectivity index (χ0n) is 12.0. The van der Waals surface area contributed by atoms with E-state index in [1.165, 1.54) is 19.3 Å². The van der Waals surface area contributed by atoms with Crippen LogP contribution in [0.3, 0.4) is 0 Å². The Bertz CT molecular complexity index is 518. The Balaban J connectivity index is 1.92. The fourth-order valence-corrected chi connectivity index (χ4v) is 3.85. The zero-order chi connectivity index (χ0) is 14.2. The summed E-state index contributed by atoms with van der Waals surface area (Å²) in [4.78, 5) is 6.72. The zero-order valence-corrected chi connectivity index (χ0v) is 12.7. The quantitative estimate of drug-likeness (QED) is 0.900. The van der Waals surface area contributed by atoms with Crippen molar-refractivity contribution in [3.8, 4) is 0 Å². The van der Waals surface area contributed by atoms with Crippen LogP contribution in [0.2, 0.25) is 5.02 Å². The van der Waals surface area contributed by atoms with Crippen LogP contribution in [-0.4, -0.2) is 18.0 Å². The highest BCUT2D eigenvalue weighted by Crippen LogP contribution is 2.44. The topological polar surface area (TPSA) is 41.6 Å². The van der Waals surface area contributed by atoms with Gasteiger partial charge in [-0.2, -0.15) is 0 Å². The molecule has 0 atom stereocenters. The minimum atomic E-state index is 0.0563. The number of guanidine groups is 1. The average Bonchev–Trinajstić information content (AvgIpc) is 2.78. The van der Waals surface area contributed by atoms with Crippen LogP contribution in [0.25, 0.3) is 0 Å². The summed E-state index contributed by atoms with van der Waals surface area (Å²) in [5.41, 5.74) is 7.23. The molecule has 0 radical (unpaired) electrons. The molecule has 3 rings (SSSR count). The maximum atomic E-state index is 6.38. The summed E-state index contributed by atoms with van der Waals surface area (Å²) in [5, 5.41) is 0.754. The molecule has 2 aliphatic rings. The van der Waals surface area contributed by atoms with Gasteiger partial charge in [-0.15, -0.1) is 0 Å². The van der Waals surface area contributed by atoms with Crippen molar-refractivity contribution < 1.29 is 0 Å². The smallest absolute Gasteiger partial charge is 0.196 e. The van der Waals surface area contributed by atoms with Gasteiger partial charge in [0.2, 0.25) is 0 Å². The van der Waals surface area contributed by atoms with E-state index in [1.807, 2.05) is 24.3 Å². The average molecular weight is 292 g/mol. The van der Waals surface area contributed by atoms with Gasteiger partial charge >= 0.3 is 0 Å². The van der Waals surface area contributed by atoms with E-state index in [4.69, 9.17) is 17.3 Å². The first-order chi connectivity index (χ1) is 9.66. The number of hydrogen-bond acceptors (Lipinski definition) is 3. The first kappa shape index (κ1) is 13.7. The molecule has 3 nitrogen and oxygen atoms in total. The molecule has 1 heterocycles. The van der Waals surface area contributed by atoms with E-state index in [-0.39, 0.29) is 5.54 Å². The lowest BCUT2D eigenvalue weighted by molar-refractivity contribution is 0.244. The third-order valence-corrected chi connectivity index (χ3v) is 5.27. The first-order valence-corrected chi connectivity index (χ1v) is 7.89. The van der Waals surface area contributed by atoms with Crippen molar-refractivity contribution in [1.29, 1.82) is 0 Å². The molecule has 0 amide bonds. The second-order valence-electron chi connectivity index (χ2n) is 6.04. The van der Waals surface area contributed by atoms with E-state index in [0.717, 1.165) is 36.0 Å². The molecule has 1 fully saturated rings. The van der Waals surface area contributed by atoms with Gasteiger partial charge in [0.1, 0.15) is 0 Å². The summed E-state index contributed by atoms with van der Waals surface area (Å²) in [6, 6.07) is 7.94. The summed E-state index contributed by atoms with van der Waals surface area (Å²) in [6.07, 6.45) is 6.11. The Morgan fingerprint density at radius 3 is 2.70 bits per heavy atom. The van der Waals surface area contributed by atoms with Gasteiger partial charge in [0.05, 0.1) is 22.8 Å². The number of nitrogens with zero attached hydrogens (tertiary/aromatic N) is 2. The molecule has 2 N–H and O–H groups in total. The second kappa shape index (κ2) is 5.28. The predicted molar refractivity (Wildman–Crippen MR) is 85.4 cm³/mol. The molecule has 0 aromatic heterocycles. The number of aliphatic imine (C=N–C) groups is 1. The van der Waals surface area contributed by atoms with Crippen LogP contribution in [0.5, 0.6) is 0 Å². The summed E-state index contributed by atoms with van der Waals surface area (Å²) in [6.45, 7) is 3.09. The van der Waals surface area contributed by atoms with Crippen LogP contribution >= 0.6 is 11.6 Å². The Hall–Kier alpha value is -1.22. The lowest BCUT2D eigenvalue weighted by Crippen LogP contribution is -2.54. The number of hydrogen-bond donors (Lipinski definition) is 1. The van der Waals surface area contributed by atoms with Crippen molar-refractivity contribution in [2.45, 2.75) is 44.6 Å². The fourth-order valence-electron chi connectivity index (χ4n) is 3.63. The number of anilines is 1. The maximum absolute atomic E-state index is 6.38. The molecule has 0 saturated heterocycles. The summed E-state index contributed by atoms with van der Waals surface area (Å²) in [5.74, 6) is 1.48. The third kappa shape index (κ3) is 2.18. The van der Waals surface area contributed by atoms with Crippen molar-refractivity contribution in [3.05, 3.63) is 29.3 Å². The molecule has 1 spiro atoms. The van der Waals surface area contributed by atoms with Crippen LogP contribution in [0.1, 0.15) is 39.0 Å². The van der Waals surface area contributed by atoms with Crippen molar-refractivity contribution in [2.75, 3.05) is 11.4 Å². The molecule has 1 aliphatic carbocycles. The Labute approximate surface area is 125 Å². The van der Waals surface area contributed by atoms with E-state index in [2.05, 4.69) is 16.8 Å². The van der Waals surface area contributed by atoms with Gasteiger partial charge in [-0.25, -0.2) is 0 Å². The molecule has 0 unspecified atom stereocenters. The molecule has 20 heavy (non-hydrogen) atoms. The van der Waals surface area contributed by atoms with Crippen molar-refractivity contribution in [1.82, 2.24) is 0 Å². The van der Waals surface area contributed by atoms with Crippen LogP contribution in [0, 0.1) is 5.92 Å². The Morgan fingerprint density at radius 2 is 2.05 bits per heavy atom. The number of para-hydroxylation sites is 1. The number of rotatable bonds is 2. The van der Waals surface area contributed by atoms with Crippen LogP contribution in [0.15, 0.2) is 29.3 Å². The highest BCUT2D eigenvalue weighted by atomic mass is 35.5. The molecule has 4 heteroatoms. The Morgan fingerprint density at radius 1 is 1.35 bits per heavy atom. The van der Waals surface area contributed by atoms with Crippen molar-refractivity contribution >= 4 is 23.2 Å². The fraction of sp³-hybridized carbons (Fsp3) is 0.562. The van der Waals surface area contributed by atoms with Gasteiger partial charge < -0.3 is 10.6 Å². The molecule has 0 bridgehead atoms. The van der Waals surface area contributed by atoms with E-state index in [1.54, 1.807) is 0 Å². The van der Waals surface area contributed by atoms with Gasteiger partial charge in [-0.1, -0.05) is 37.1 Å².